The molecule has 1 aromatic heterocycles. The Labute approximate surface area is 168 Å². The van der Waals surface area contributed by atoms with Gasteiger partial charge in [0.2, 0.25) is 5.91 Å². The molecule has 0 aliphatic heterocycles. The Hall–Kier alpha value is -2.45. The monoisotopic (exact) mass is 450 g/mol. The van der Waals surface area contributed by atoms with Crippen molar-refractivity contribution >= 4 is 44.0 Å². The molecule has 0 saturated heterocycles. The van der Waals surface area contributed by atoms with Gasteiger partial charge in [-0.1, -0.05) is 12.1 Å². The van der Waals surface area contributed by atoms with Crippen LogP contribution >= 0.6 is 27.3 Å². The first kappa shape index (κ1) is 19.3. The number of aromatic nitrogens is 1. The predicted molar refractivity (Wildman–Crippen MR) is 106 cm³/mol. The van der Waals surface area contributed by atoms with Gasteiger partial charge in [0.15, 0.2) is 5.13 Å². The predicted octanol–water partition coefficient (Wildman–Crippen LogP) is 5.32. The maximum absolute atomic E-state index is 13.2. The summed E-state index contributed by atoms with van der Waals surface area (Å²) in [5.74, 6) is 0.566. The number of hydrogen-bond donors (Lipinski definition) is 0. The van der Waals surface area contributed by atoms with Gasteiger partial charge in [-0.25, -0.2) is 9.37 Å². The molecule has 0 saturated carbocycles. The number of methoxy groups -OCH3 is 1. The molecule has 5 nitrogen and oxygen atoms in total. The zero-order chi connectivity index (χ0) is 19.4. The number of para-hydroxylation sites is 2. The molecule has 0 spiro atoms. The summed E-state index contributed by atoms with van der Waals surface area (Å²) in [6.07, 6.45) is 0. The number of amides is 1. The van der Waals surface area contributed by atoms with Gasteiger partial charge in [-0.05, 0) is 46.3 Å². The van der Waals surface area contributed by atoms with Crippen molar-refractivity contribution in [2.45, 2.75) is 13.5 Å². The molecular formula is C19H16BrFN2O3S. The number of benzene rings is 2. The highest BCUT2D eigenvalue weighted by Gasteiger charge is 2.21. The summed E-state index contributed by atoms with van der Waals surface area (Å²) in [5, 5.41) is 2.33. The minimum Gasteiger partial charge on any atom is -0.495 e. The molecule has 1 heterocycles. The van der Waals surface area contributed by atoms with E-state index >= 15 is 0 Å². The smallest absolute Gasteiger partial charge is 0.230 e. The highest BCUT2D eigenvalue weighted by atomic mass is 79.9. The Kier molecular flexibility index (Phi) is 6.08. The fourth-order valence-corrected chi connectivity index (χ4v) is 3.76. The second-order valence-corrected chi connectivity index (χ2v) is 7.20. The average molecular weight is 451 g/mol. The molecule has 0 atom stereocenters. The van der Waals surface area contributed by atoms with E-state index in [1.807, 2.05) is 17.5 Å². The van der Waals surface area contributed by atoms with Crippen LogP contribution in [0.4, 0.5) is 15.2 Å². The lowest BCUT2D eigenvalue weighted by Gasteiger charge is -2.20. The van der Waals surface area contributed by atoms with Crippen LogP contribution in [0.25, 0.3) is 0 Å². The van der Waals surface area contributed by atoms with Crippen LogP contribution in [0.2, 0.25) is 0 Å². The van der Waals surface area contributed by atoms with Gasteiger partial charge in [-0.3, -0.25) is 9.69 Å². The number of thiazole rings is 1. The molecular weight excluding hydrogens is 435 g/mol. The molecule has 140 valence electrons. The van der Waals surface area contributed by atoms with Crippen LogP contribution in [0.3, 0.4) is 0 Å². The van der Waals surface area contributed by atoms with Gasteiger partial charge in [-0.15, -0.1) is 11.3 Å². The summed E-state index contributed by atoms with van der Waals surface area (Å²) >= 11 is 4.59. The largest absolute Gasteiger partial charge is 0.495 e. The molecule has 0 aliphatic carbocycles. The van der Waals surface area contributed by atoms with Crippen LogP contribution in [0, 0.1) is 5.82 Å². The van der Waals surface area contributed by atoms with E-state index in [4.69, 9.17) is 9.47 Å². The van der Waals surface area contributed by atoms with E-state index in [0.29, 0.717) is 32.5 Å². The van der Waals surface area contributed by atoms with Gasteiger partial charge in [0.25, 0.3) is 0 Å². The Balaban J connectivity index is 1.81. The molecule has 3 aromatic rings. The van der Waals surface area contributed by atoms with Crippen molar-refractivity contribution in [1.29, 1.82) is 0 Å². The summed E-state index contributed by atoms with van der Waals surface area (Å²) in [7, 11) is 1.55. The Morgan fingerprint density at radius 2 is 2.04 bits per heavy atom. The van der Waals surface area contributed by atoms with E-state index in [2.05, 4.69) is 20.9 Å². The van der Waals surface area contributed by atoms with E-state index in [1.54, 1.807) is 25.3 Å². The van der Waals surface area contributed by atoms with Crippen LogP contribution < -0.4 is 14.4 Å². The topological polar surface area (TPSA) is 51.7 Å². The third-order valence-electron chi connectivity index (χ3n) is 3.64. The summed E-state index contributed by atoms with van der Waals surface area (Å²) in [6, 6.07) is 11.5. The SMILES string of the molecule is COc1ccccc1N(C(C)=O)c1nc(COc2ccc(F)cc2Br)cs1. The summed E-state index contributed by atoms with van der Waals surface area (Å²) < 4.78 is 24.7. The Morgan fingerprint density at radius 1 is 1.26 bits per heavy atom. The highest BCUT2D eigenvalue weighted by molar-refractivity contribution is 9.10. The second kappa shape index (κ2) is 8.49. The molecule has 0 unspecified atom stereocenters. The van der Waals surface area contributed by atoms with Crippen LogP contribution in [0.1, 0.15) is 12.6 Å². The van der Waals surface area contributed by atoms with Gasteiger partial charge in [0, 0.05) is 12.3 Å². The first-order valence-electron chi connectivity index (χ1n) is 7.95. The maximum Gasteiger partial charge on any atom is 0.230 e. The summed E-state index contributed by atoms with van der Waals surface area (Å²) in [5.41, 5.74) is 1.28. The first-order valence-corrected chi connectivity index (χ1v) is 9.63. The van der Waals surface area contributed by atoms with Gasteiger partial charge in [0.05, 0.1) is 23.0 Å². The minimum absolute atomic E-state index is 0.178. The Bertz CT molecular complexity index is 964. The van der Waals surface area contributed by atoms with Crippen molar-refractivity contribution in [3.05, 3.63) is 63.8 Å². The zero-order valence-corrected chi connectivity index (χ0v) is 17.0. The van der Waals surface area contributed by atoms with Gasteiger partial charge in [0.1, 0.15) is 23.9 Å². The third kappa shape index (κ3) is 4.45. The first-order chi connectivity index (χ1) is 13.0. The normalized spacial score (nSPS) is 10.5. The molecule has 0 fully saturated rings. The maximum atomic E-state index is 13.2. The lowest BCUT2D eigenvalue weighted by molar-refractivity contribution is -0.115. The molecule has 8 heteroatoms. The standard InChI is InChI=1S/C19H16BrFN2O3S/c1-12(24)23(16-5-3-4-6-18(16)25-2)19-22-14(11-27-19)10-26-17-8-7-13(21)9-15(17)20/h3-9,11H,10H2,1-2H3. The third-order valence-corrected chi connectivity index (χ3v) is 5.14. The summed E-state index contributed by atoms with van der Waals surface area (Å²) in [6.45, 7) is 1.66. The lowest BCUT2D eigenvalue weighted by Crippen LogP contribution is -2.23. The number of carbonyl (C=O) groups excluding carboxylic acids is 1. The van der Waals surface area contributed by atoms with E-state index in [9.17, 15) is 9.18 Å². The molecule has 0 bridgehead atoms. The number of halogens is 2. The number of carbonyl (C=O) groups is 1. The van der Waals surface area contributed by atoms with Crippen molar-refractivity contribution in [2.75, 3.05) is 12.0 Å². The molecule has 2 aromatic carbocycles. The fraction of sp³-hybridized carbons (Fsp3) is 0.158. The zero-order valence-electron chi connectivity index (χ0n) is 14.6. The van der Waals surface area contributed by atoms with E-state index in [0.717, 1.165) is 0 Å². The van der Waals surface area contributed by atoms with E-state index in [-0.39, 0.29) is 18.3 Å². The highest BCUT2D eigenvalue weighted by Crippen LogP contribution is 2.35. The molecule has 27 heavy (non-hydrogen) atoms. The van der Waals surface area contributed by atoms with Crippen LogP contribution in [-0.4, -0.2) is 18.0 Å². The Morgan fingerprint density at radius 3 is 2.74 bits per heavy atom. The summed E-state index contributed by atoms with van der Waals surface area (Å²) in [4.78, 5) is 18.2. The molecule has 0 aliphatic rings. The molecule has 3 rings (SSSR count). The van der Waals surface area contributed by atoms with Crippen molar-refractivity contribution in [2.24, 2.45) is 0 Å². The number of nitrogens with zero attached hydrogens (tertiary/aromatic N) is 2. The van der Waals surface area contributed by atoms with E-state index in [1.165, 1.54) is 35.3 Å². The van der Waals surface area contributed by atoms with Crippen molar-refractivity contribution in [3.8, 4) is 11.5 Å². The molecule has 0 N–H and O–H groups in total. The fourth-order valence-electron chi connectivity index (χ4n) is 2.43. The van der Waals surface area contributed by atoms with Crippen LogP contribution in [0.5, 0.6) is 11.5 Å². The van der Waals surface area contributed by atoms with Gasteiger partial charge >= 0.3 is 0 Å². The number of ether oxygens (including phenoxy) is 2. The minimum atomic E-state index is -0.348. The van der Waals surface area contributed by atoms with Gasteiger partial charge in [-0.2, -0.15) is 0 Å². The van der Waals surface area contributed by atoms with Crippen molar-refractivity contribution in [3.63, 3.8) is 0 Å². The number of rotatable bonds is 6. The van der Waals surface area contributed by atoms with Gasteiger partial charge < -0.3 is 9.47 Å². The van der Waals surface area contributed by atoms with E-state index < -0.39 is 0 Å². The lowest BCUT2D eigenvalue weighted by atomic mass is 10.2. The second-order valence-electron chi connectivity index (χ2n) is 5.51. The molecule has 1 amide bonds. The number of hydrogen-bond acceptors (Lipinski definition) is 5. The van der Waals surface area contributed by atoms with Crippen LogP contribution in [-0.2, 0) is 11.4 Å². The average Bonchev–Trinajstić information content (AvgIpc) is 3.09. The van der Waals surface area contributed by atoms with Crippen molar-refractivity contribution in [1.82, 2.24) is 4.98 Å². The van der Waals surface area contributed by atoms with Crippen LogP contribution in [0.15, 0.2) is 52.3 Å². The quantitative estimate of drug-likeness (QED) is 0.509. The van der Waals surface area contributed by atoms with Crippen molar-refractivity contribution < 1.29 is 18.7 Å². The number of anilines is 2. The molecule has 0 radical (unpaired) electrons.